The van der Waals surface area contributed by atoms with Gasteiger partial charge in [-0.2, -0.15) is 13.2 Å². The van der Waals surface area contributed by atoms with Gasteiger partial charge in [0.2, 0.25) is 23.6 Å². The van der Waals surface area contributed by atoms with E-state index in [1.807, 2.05) is 66.7 Å². The van der Waals surface area contributed by atoms with Gasteiger partial charge in [0.25, 0.3) is 0 Å². The molecule has 2 fully saturated rings. The van der Waals surface area contributed by atoms with Gasteiger partial charge in [-0.05, 0) is 61.1 Å². The molecule has 0 spiro atoms. The Morgan fingerprint density at radius 3 is 1.92 bits per heavy atom. The van der Waals surface area contributed by atoms with Gasteiger partial charge in [0, 0.05) is 19.0 Å². The van der Waals surface area contributed by atoms with Gasteiger partial charge in [0.1, 0.15) is 24.2 Å². The number of aliphatic imine (C=N–C) groups is 1. The Kier molecular flexibility index (Phi) is 16.4. The number of nitrogens with zero attached hydrogens (tertiary/aromatic N) is 2. The molecule has 2 heterocycles. The monoisotopic (exact) mass is 823 g/mol. The maximum atomic E-state index is 14.2. The number of alkyl halides is 3. The fourth-order valence-corrected chi connectivity index (χ4v) is 7.24. The second-order valence-corrected chi connectivity index (χ2v) is 14.3. The Morgan fingerprint density at radius 2 is 1.37 bits per heavy atom. The minimum Gasteiger partial charge on any atom is -0.480 e. The highest BCUT2D eigenvalue weighted by molar-refractivity contribution is 5.96. The normalized spacial score (nSPS) is 19.4. The topological polar surface area (TPSA) is 247 Å². The van der Waals surface area contributed by atoms with E-state index in [2.05, 4.69) is 20.9 Å². The third kappa shape index (κ3) is 13.9. The Morgan fingerprint density at radius 1 is 0.814 bits per heavy atom. The lowest BCUT2D eigenvalue weighted by Gasteiger charge is -2.39. The zero-order valence-corrected chi connectivity index (χ0v) is 32.0. The van der Waals surface area contributed by atoms with Crippen molar-refractivity contribution in [2.75, 3.05) is 6.54 Å². The Bertz CT molecular complexity index is 1930. The SMILES string of the molecule is NC(N)=NCCC[C@@H](NC(=O)[C@@H]1C[C@@H](Cc2ccccc2)[C@H]2CCC(NC(=O)Cc3ccccc3)C(=O)N21)C(=O)N[C@@H](Cc1ccccc1)C(=O)O.O=C(O)C(F)(F)F. The Balaban J connectivity index is 0.00000101. The van der Waals surface area contributed by atoms with E-state index in [9.17, 15) is 42.3 Å². The molecule has 0 saturated carbocycles. The molecule has 0 aromatic heterocycles. The van der Waals surface area contributed by atoms with E-state index in [0.717, 1.165) is 16.7 Å². The van der Waals surface area contributed by atoms with Gasteiger partial charge in [-0.25, -0.2) is 9.59 Å². The lowest BCUT2D eigenvalue weighted by Crippen LogP contribution is -2.61. The van der Waals surface area contributed by atoms with Crippen molar-refractivity contribution >= 4 is 41.5 Å². The maximum absolute atomic E-state index is 14.2. The summed E-state index contributed by atoms with van der Waals surface area (Å²) in [5.74, 6) is -5.96. The van der Waals surface area contributed by atoms with Crippen LogP contribution in [0.3, 0.4) is 0 Å². The number of amides is 4. The first-order chi connectivity index (χ1) is 28.0. The summed E-state index contributed by atoms with van der Waals surface area (Å²) in [5, 5.41) is 25.4. The summed E-state index contributed by atoms with van der Waals surface area (Å²) in [6, 6.07) is 23.7. The van der Waals surface area contributed by atoms with Crippen LogP contribution in [0, 0.1) is 5.92 Å². The first kappa shape index (κ1) is 45.2. The molecule has 2 aliphatic heterocycles. The summed E-state index contributed by atoms with van der Waals surface area (Å²) < 4.78 is 31.7. The number of halogens is 3. The average Bonchev–Trinajstić information content (AvgIpc) is 3.56. The van der Waals surface area contributed by atoms with E-state index in [1.54, 1.807) is 29.2 Å². The second kappa shape index (κ2) is 21.3. The van der Waals surface area contributed by atoms with Crippen LogP contribution in [0.2, 0.25) is 0 Å². The van der Waals surface area contributed by atoms with E-state index in [-0.39, 0.29) is 55.5 Å². The molecule has 15 nitrogen and oxygen atoms in total. The highest BCUT2D eigenvalue weighted by Crippen LogP contribution is 2.39. The quantitative estimate of drug-likeness (QED) is 0.0631. The van der Waals surface area contributed by atoms with Crippen LogP contribution in [-0.2, 0) is 48.0 Å². The number of hydrogen-bond donors (Lipinski definition) is 7. The Labute approximate surface area is 338 Å². The van der Waals surface area contributed by atoms with Crippen molar-refractivity contribution in [1.82, 2.24) is 20.9 Å². The molecule has 3 aromatic carbocycles. The number of carboxylic acid groups (broad SMARTS) is 2. The lowest BCUT2D eigenvalue weighted by molar-refractivity contribution is -0.192. The van der Waals surface area contributed by atoms with Crippen LogP contribution in [-0.4, -0.2) is 99.6 Å². The van der Waals surface area contributed by atoms with E-state index in [0.29, 0.717) is 32.1 Å². The van der Waals surface area contributed by atoms with E-state index < -0.39 is 54.1 Å². The van der Waals surface area contributed by atoms with Crippen molar-refractivity contribution in [3.63, 3.8) is 0 Å². The number of fused-ring (bicyclic) bond motifs is 1. The maximum Gasteiger partial charge on any atom is 0.490 e. The third-order valence-corrected chi connectivity index (χ3v) is 9.97. The fraction of sp³-hybridized carbons (Fsp3) is 0.390. The predicted octanol–water partition coefficient (Wildman–Crippen LogP) is 2.32. The second-order valence-electron chi connectivity index (χ2n) is 14.3. The molecule has 9 N–H and O–H groups in total. The summed E-state index contributed by atoms with van der Waals surface area (Å²) in [4.78, 5) is 81.7. The van der Waals surface area contributed by atoms with Crippen molar-refractivity contribution in [1.29, 1.82) is 0 Å². The number of rotatable bonds is 16. The number of carbonyl (C=O) groups excluding carboxylic acids is 4. The molecular formula is C41H48F3N7O8. The van der Waals surface area contributed by atoms with Gasteiger partial charge in [0.05, 0.1) is 6.42 Å². The molecule has 0 aliphatic carbocycles. The number of guanidine groups is 1. The summed E-state index contributed by atoms with van der Waals surface area (Å²) >= 11 is 0. The van der Waals surface area contributed by atoms with Gasteiger partial charge in [-0.1, -0.05) is 91.0 Å². The number of nitrogens with two attached hydrogens (primary N) is 2. The van der Waals surface area contributed by atoms with Crippen LogP contribution in [0.1, 0.15) is 48.8 Å². The molecule has 0 bridgehead atoms. The highest BCUT2D eigenvalue weighted by atomic mass is 19.4. The zero-order valence-electron chi connectivity index (χ0n) is 32.0. The van der Waals surface area contributed by atoms with Gasteiger partial charge < -0.3 is 42.5 Å². The summed E-state index contributed by atoms with van der Waals surface area (Å²) in [6.45, 7) is 0.188. The first-order valence-corrected chi connectivity index (χ1v) is 19.0. The lowest BCUT2D eigenvalue weighted by atomic mass is 9.86. The molecule has 59 heavy (non-hydrogen) atoms. The molecule has 316 valence electrons. The number of benzene rings is 3. The molecule has 18 heteroatoms. The molecule has 0 radical (unpaired) electrons. The first-order valence-electron chi connectivity index (χ1n) is 19.0. The Hall–Kier alpha value is -6.46. The van der Waals surface area contributed by atoms with Crippen molar-refractivity contribution in [2.45, 2.75) is 87.8 Å². The largest absolute Gasteiger partial charge is 0.490 e. The smallest absolute Gasteiger partial charge is 0.480 e. The molecular weight excluding hydrogens is 775 g/mol. The van der Waals surface area contributed by atoms with E-state index >= 15 is 0 Å². The van der Waals surface area contributed by atoms with Crippen molar-refractivity contribution in [3.05, 3.63) is 108 Å². The number of nitrogens with one attached hydrogen (secondary N) is 3. The van der Waals surface area contributed by atoms with Gasteiger partial charge in [0.15, 0.2) is 5.96 Å². The molecule has 2 saturated heterocycles. The number of carbonyl (C=O) groups is 6. The van der Waals surface area contributed by atoms with Crippen molar-refractivity contribution in [2.24, 2.45) is 22.4 Å². The van der Waals surface area contributed by atoms with Gasteiger partial charge in [-0.3, -0.25) is 24.2 Å². The van der Waals surface area contributed by atoms with Crippen molar-refractivity contribution < 1.29 is 52.2 Å². The van der Waals surface area contributed by atoms with Crippen LogP contribution >= 0.6 is 0 Å². The number of hydrogen-bond acceptors (Lipinski definition) is 7. The van der Waals surface area contributed by atoms with Gasteiger partial charge in [-0.15, -0.1) is 0 Å². The predicted molar refractivity (Wildman–Crippen MR) is 209 cm³/mol. The zero-order chi connectivity index (χ0) is 43.1. The molecule has 5 rings (SSSR count). The molecule has 4 amide bonds. The molecule has 1 unspecified atom stereocenters. The number of carboxylic acids is 2. The van der Waals surface area contributed by atoms with Crippen LogP contribution in [0.15, 0.2) is 96.0 Å². The highest BCUT2D eigenvalue weighted by Gasteiger charge is 2.51. The minimum atomic E-state index is -5.08. The molecule has 6 atom stereocenters. The minimum absolute atomic E-state index is 0.0422. The third-order valence-electron chi connectivity index (χ3n) is 9.97. The van der Waals surface area contributed by atoms with Crippen molar-refractivity contribution in [3.8, 4) is 0 Å². The number of aliphatic carboxylic acids is 2. The summed E-state index contributed by atoms with van der Waals surface area (Å²) in [7, 11) is 0. The molecule has 2 aliphatic rings. The fourth-order valence-electron chi connectivity index (χ4n) is 7.24. The van der Waals surface area contributed by atoms with Crippen LogP contribution in [0.4, 0.5) is 13.2 Å². The van der Waals surface area contributed by atoms with E-state index in [4.69, 9.17) is 21.4 Å². The molecule has 3 aromatic rings. The van der Waals surface area contributed by atoms with Gasteiger partial charge >= 0.3 is 18.1 Å². The van der Waals surface area contributed by atoms with Crippen LogP contribution < -0.4 is 27.4 Å². The summed E-state index contributed by atoms with van der Waals surface area (Å²) in [5.41, 5.74) is 13.6. The van der Waals surface area contributed by atoms with E-state index in [1.165, 1.54) is 0 Å². The summed E-state index contributed by atoms with van der Waals surface area (Å²) in [6.07, 6.45) is -2.47. The standard InChI is InChI=1S/C39H47N7O6.C2HF3O2/c40-39(41)42-20-10-17-29(35(48)45-31(38(51)52)22-26-13-6-2-7-14-26)44-36(49)33-24-28(21-25-11-4-1-5-12-25)32-19-18-30(37(50)46(32)33)43-34(47)23-27-15-8-3-9-16-27;3-2(4,5)1(6)7/h1-9,11-16,28-33H,10,17-24H2,(H,43,47)(H,44,49)(H,45,48)(H,51,52)(H4,40,41,42);(H,6,7)/t28-,29-,30?,31+,32-,33+;/m1./s1. The number of piperidine rings is 1. The van der Waals surface area contributed by atoms with Crippen LogP contribution in [0.5, 0.6) is 0 Å². The van der Waals surface area contributed by atoms with Crippen LogP contribution in [0.25, 0.3) is 0 Å². The average molecular weight is 824 g/mol.